The SMILES string of the molecule is CC(C(=O)Nc1ccccc1N(C)C)C(N)c1ccccc1.Cl.Cl. The van der Waals surface area contributed by atoms with Crippen molar-refractivity contribution in [2.45, 2.75) is 13.0 Å². The summed E-state index contributed by atoms with van der Waals surface area (Å²) in [6.45, 7) is 1.85. The highest BCUT2D eigenvalue weighted by atomic mass is 35.5. The highest BCUT2D eigenvalue weighted by Crippen LogP contribution is 2.26. The van der Waals surface area contributed by atoms with E-state index in [0.29, 0.717) is 0 Å². The van der Waals surface area contributed by atoms with Crippen molar-refractivity contribution < 1.29 is 4.79 Å². The molecule has 4 nitrogen and oxygen atoms in total. The first kappa shape index (κ1) is 22.2. The summed E-state index contributed by atoms with van der Waals surface area (Å²) in [5.74, 6) is -0.400. The summed E-state index contributed by atoms with van der Waals surface area (Å²) >= 11 is 0. The van der Waals surface area contributed by atoms with Crippen molar-refractivity contribution in [1.82, 2.24) is 0 Å². The summed E-state index contributed by atoms with van der Waals surface area (Å²) in [7, 11) is 3.90. The third-order valence-electron chi connectivity index (χ3n) is 3.78. The Morgan fingerprint density at radius 2 is 1.54 bits per heavy atom. The second-order valence-electron chi connectivity index (χ2n) is 5.63. The minimum atomic E-state index is -0.326. The highest BCUT2D eigenvalue weighted by Gasteiger charge is 2.22. The van der Waals surface area contributed by atoms with Gasteiger partial charge in [0.15, 0.2) is 0 Å². The first-order valence-corrected chi connectivity index (χ1v) is 7.38. The first-order valence-electron chi connectivity index (χ1n) is 7.38. The molecule has 24 heavy (non-hydrogen) atoms. The zero-order valence-corrected chi connectivity index (χ0v) is 15.7. The van der Waals surface area contributed by atoms with Crippen molar-refractivity contribution in [3.63, 3.8) is 0 Å². The van der Waals surface area contributed by atoms with Crippen LogP contribution in [-0.4, -0.2) is 20.0 Å². The lowest BCUT2D eigenvalue weighted by molar-refractivity contribution is -0.120. The number of nitrogens with zero attached hydrogens (tertiary/aromatic N) is 1. The van der Waals surface area contributed by atoms with Crippen LogP contribution in [0.3, 0.4) is 0 Å². The summed E-state index contributed by atoms with van der Waals surface area (Å²) in [5, 5.41) is 2.98. The highest BCUT2D eigenvalue weighted by molar-refractivity contribution is 5.96. The van der Waals surface area contributed by atoms with Gasteiger partial charge in [-0.3, -0.25) is 4.79 Å². The van der Waals surface area contributed by atoms with Crippen LogP contribution < -0.4 is 16.0 Å². The number of benzene rings is 2. The molecule has 0 saturated carbocycles. The molecule has 3 N–H and O–H groups in total. The predicted octanol–water partition coefficient (Wildman–Crippen LogP) is 3.87. The van der Waals surface area contributed by atoms with Crippen LogP contribution in [-0.2, 0) is 4.79 Å². The molecule has 0 aromatic heterocycles. The molecule has 2 unspecified atom stereocenters. The zero-order chi connectivity index (χ0) is 16.1. The van der Waals surface area contributed by atoms with Gasteiger partial charge in [0, 0.05) is 20.1 Å². The number of hydrogen-bond acceptors (Lipinski definition) is 3. The maximum absolute atomic E-state index is 12.5. The summed E-state index contributed by atoms with van der Waals surface area (Å²) in [6.07, 6.45) is 0. The zero-order valence-electron chi connectivity index (χ0n) is 14.1. The molecular formula is C18H25Cl2N3O. The molecule has 2 aromatic carbocycles. The first-order chi connectivity index (χ1) is 10.5. The lowest BCUT2D eigenvalue weighted by atomic mass is 9.94. The van der Waals surface area contributed by atoms with Gasteiger partial charge in [0.2, 0.25) is 5.91 Å². The molecule has 132 valence electrons. The largest absolute Gasteiger partial charge is 0.376 e. The van der Waals surface area contributed by atoms with Crippen LogP contribution in [0.25, 0.3) is 0 Å². The molecule has 0 aliphatic rings. The number of carbonyl (C=O) groups is 1. The number of carbonyl (C=O) groups excluding carboxylic acids is 1. The van der Waals surface area contributed by atoms with E-state index in [1.807, 2.05) is 80.5 Å². The fourth-order valence-corrected chi connectivity index (χ4v) is 2.34. The Bertz CT molecular complexity index is 635. The van der Waals surface area contributed by atoms with Crippen LogP contribution in [0.5, 0.6) is 0 Å². The smallest absolute Gasteiger partial charge is 0.229 e. The number of rotatable bonds is 5. The van der Waals surface area contributed by atoms with Crippen molar-refractivity contribution in [3.05, 3.63) is 60.2 Å². The molecule has 2 atom stereocenters. The number of amides is 1. The summed E-state index contributed by atoms with van der Waals surface area (Å²) in [6, 6.07) is 17.1. The lowest BCUT2D eigenvalue weighted by Crippen LogP contribution is -2.31. The normalized spacial score (nSPS) is 12.2. The minimum Gasteiger partial charge on any atom is -0.376 e. The maximum atomic E-state index is 12.5. The molecule has 0 heterocycles. The van der Waals surface area contributed by atoms with E-state index in [4.69, 9.17) is 5.73 Å². The number of para-hydroxylation sites is 2. The Balaban J connectivity index is 0.00000264. The van der Waals surface area contributed by atoms with E-state index in [1.54, 1.807) is 0 Å². The van der Waals surface area contributed by atoms with Crippen LogP contribution >= 0.6 is 24.8 Å². The number of nitrogens with two attached hydrogens (primary N) is 1. The van der Waals surface area contributed by atoms with Crippen molar-refractivity contribution >= 4 is 42.1 Å². The topological polar surface area (TPSA) is 58.4 Å². The van der Waals surface area contributed by atoms with Crippen LogP contribution in [0.15, 0.2) is 54.6 Å². The van der Waals surface area contributed by atoms with E-state index in [-0.39, 0.29) is 42.7 Å². The van der Waals surface area contributed by atoms with Gasteiger partial charge in [0.1, 0.15) is 0 Å². The molecule has 0 spiro atoms. The van der Waals surface area contributed by atoms with Gasteiger partial charge < -0.3 is 16.0 Å². The molecule has 0 radical (unpaired) electrons. The molecule has 2 aromatic rings. The van der Waals surface area contributed by atoms with Gasteiger partial charge in [-0.15, -0.1) is 24.8 Å². The lowest BCUT2D eigenvalue weighted by Gasteiger charge is -2.22. The van der Waals surface area contributed by atoms with E-state index < -0.39 is 0 Å². The molecule has 2 rings (SSSR count). The van der Waals surface area contributed by atoms with Gasteiger partial charge in [-0.25, -0.2) is 0 Å². The molecular weight excluding hydrogens is 345 g/mol. The molecule has 0 saturated heterocycles. The Morgan fingerprint density at radius 1 is 1.00 bits per heavy atom. The molecule has 1 amide bonds. The number of halogens is 2. The Kier molecular flexibility index (Phi) is 9.44. The minimum absolute atomic E-state index is 0. The standard InChI is InChI=1S/C18H23N3O.2ClH/c1-13(17(19)14-9-5-4-6-10-14)18(22)20-15-11-7-8-12-16(15)21(2)3;;/h4-13,17H,19H2,1-3H3,(H,20,22);2*1H. The fourth-order valence-electron chi connectivity index (χ4n) is 2.34. The van der Waals surface area contributed by atoms with Gasteiger partial charge in [0.25, 0.3) is 0 Å². The maximum Gasteiger partial charge on any atom is 0.229 e. The monoisotopic (exact) mass is 369 g/mol. The summed E-state index contributed by atoms with van der Waals surface area (Å²) in [5.41, 5.74) is 8.95. The van der Waals surface area contributed by atoms with Crippen molar-refractivity contribution in [2.24, 2.45) is 11.7 Å². The van der Waals surface area contributed by atoms with Gasteiger partial charge in [-0.1, -0.05) is 49.4 Å². The molecule has 6 heteroatoms. The van der Waals surface area contributed by atoms with Gasteiger partial charge in [-0.2, -0.15) is 0 Å². The van der Waals surface area contributed by atoms with E-state index in [9.17, 15) is 4.79 Å². The van der Waals surface area contributed by atoms with E-state index >= 15 is 0 Å². The Morgan fingerprint density at radius 3 is 2.12 bits per heavy atom. The van der Waals surface area contributed by atoms with E-state index in [2.05, 4.69) is 5.32 Å². The Labute approximate surface area is 156 Å². The predicted molar refractivity (Wildman–Crippen MR) is 106 cm³/mol. The van der Waals surface area contributed by atoms with E-state index in [1.165, 1.54) is 0 Å². The molecule has 0 fully saturated rings. The van der Waals surface area contributed by atoms with Gasteiger partial charge >= 0.3 is 0 Å². The average molecular weight is 370 g/mol. The third-order valence-corrected chi connectivity index (χ3v) is 3.78. The number of anilines is 2. The summed E-state index contributed by atoms with van der Waals surface area (Å²) < 4.78 is 0. The van der Waals surface area contributed by atoms with Crippen molar-refractivity contribution in [1.29, 1.82) is 0 Å². The quantitative estimate of drug-likeness (QED) is 0.840. The summed E-state index contributed by atoms with van der Waals surface area (Å²) in [4.78, 5) is 14.5. The van der Waals surface area contributed by atoms with Crippen LogP contribution in [0.1, 0.15) is 18.5 Å². The second kappa shape index (κ2) is 10.2. The van der Waals surface area contributed by atoms with Gasteiger partial charge in [-0.05, 0) is 17.7 Å². The fraction of sp³-hybridized carbons (Fsp3) is 0.278. The average Bonchev–Trinajstić information content (AvgIpc) is 2.54. The second-order valence-corrected chi connectivity index (χ2v) is 5.63. The Hall–Kier alpha value is -1.75. The van der Waals surface area contributed by atoms with E-state index in [0.717, 1.165) is 16.9 Å². The molecule has 0 aliphatic heterocycles. The number of hydrogen-bond donors (Lipinski definition) is 2. The van der Waals surface area contributed by atoms with Crippen LogP contribution in [0.2, 0.25) is 0 Å². The van der Waals surface area contributed by atoms with Gasteiger partial charge in [0.05, 0.1) is 17.3 Å². The van der Waals surface area contributed by atoms with Crippen molar-refractivity contribution in [3.8, 4) is 0 Å². The third kappa shape index (κ3) is 5.41. The van der Waals surface area contributed by atoms with Crippen LogP contribution in [0, 0.1) is 5.92 Å². The molecule has 0 bridgehead atoms. The number of nitrogens with one attached hydrogen (secondary N) is 1. The van der Waals surface area contributed by atoms with Crippen LogP contribution in [0.4, 0.5) is 11.4 Å². The van der Waals surface area contributed by atoms with Crippen molar-refractivity contribution in [2.75, 3.05) is 24.3 Å². The molecule has 0 aliphatic carbocycles.